The van der Waals surface area contributed by atoms with E-state index in [-0.39, 0.29) is 11.8 Å². The van der Waals surface area contributed by atoms with Gasteiger partial charge in [-0.3, -0.25) is 14.3 Å². The first-order valence-corrected chi connectivity index (χ1v) is 7.64. The zero-order valence-corrected chi connectivity index (χ0v) is 13.1. The predicted octanol–water partition coefficient (Wildman–Crippen LogP) is 2.48. The highest BCUT2D eigenvalue weighted by atomic mass is 16.5. The molecule has 0 unspecified atom stereocenters. The SMILES string of the molecule is COCCn1nc(N2C(=O)c3ccccc3C2=O)c2ccccc21. The van der Waals surface area contributed by atoms with Crippen LogP contribution >= 0.6 is 0 Å². The van der Waals surface area contributed by atoms with Crippen molar-refractivity contribution in [3.63, 3.8) is 0 Å². The molecule has 0 atom stereocenters. The average Bonchev–Trinajstić information content (AvgIpc) is 3.10. The number of ether oxygens (including phenoxy) is 1. The molecule has 0 fully saturated rings. The van der Waals surface area contributed by atoms with Gasteiger partial charge in [0.2, 0.25) is 0 Å². The molecular weight excluding hydrogens is 306 g/mol. The van der Waals surface area contributed by atoms with Crippen molar-refractivity contribution in [1.82, 2.24) is 9.78 Å². The van der Waals surface area contributed by atoms with Gasteiger partial charge in [-0.2, -0.15) is 5.10 Å². The fraction of sp³-hybridized carbons (Fsp3) is 0.167. The molecule has 0 aliphatic carbocycles. The Morgan fingerprint density at radius 2 is 1.58 bits per heavy atom. The maximum absolute atomic E-state index is 12.7. The molecule has 0 radical (unpaired) electrons. The number of carbonyl (C=O) groups is 2. The maximum atomic E-state index is 12.7. The van der Waals surface area contributed by atoms with Crippen LogP contribution in [-0.4, -0.2) is 35.3 Å². The van der Waals surface area contributed by atoms with Crippen molar-refractivity contribution >= 4 is 28.5 Å². The number of aromatic nitrogens is 2. The third-order valence-electron chi connectivity index (χ3n) is 4.15. The van der Waals surface area contributed by atoms with Gasteiger partial charge in [0, 0.05) is 12.5 Å². The molecule has 3 aromatic rings. The molecule has 0 saturated heterocycles. The standard InChI is InChI=1S/C18H15N3O3/c1-24-11-10-20-15-9-5-4-8-14(15)16(19-20)21-17(22)12-6-2-3-7-13(12)18(21)23/h2-9H,10-11H2,1H3. The van der Waals surface area contributed by atoms with Gasteiger partial charge in [0.25, 0.3) is 11.8 Å². The summed E-state index contributed by atoms with van der Waals surface area (Å²) in [5.74, 6) is -0.302. The zero-order valence-electron chi connectivity index (χ0n) is 13.1. The molecule has 1 aliphatic heterocycles. The predicted molar refractivity (Wildman–Crippen MR) is 89.2 cm³/mol. The van der Waals surface area contributed by atoms with Crippen LogP contribution < -0.4 is 4.90 Å². The summed E-state index contributed by atoms with van der Waals surface area (Å²) in [4.78, 5) is 26.6. The average molecular weight is 321 g/mol. The minimum Gasteiger partial charge on any atom is -0.383 e. The van der Waals surface area contributed by atoms with Crippen molar-refractivity contribution in [1.29, 1.82) is 0 Å². The number of hydrogen-bond donors (Lipinski definition) is 0. The first-order valence-electron chi connectivity index (χ1n) is 7.64. The molecule has 1 aliphatic rings. The van der Waals surface area contributed by atoms with Crippen LogP contribution in [0, 0.1) is 0 Å². The number of amides is 2. The minimum absolute atomic E-state index is 0.335. The molecule has 2 amide bonds. The van der Waals surface area contributed by atoms with E-state index in [9.17, 15) is 9.59 Å². The number of methoxy groups -OCH3 is 1. The lowest BCUT2D eigenvalue weighted by atomic mass is 10.1. The molecule has 6 nitrogen and oxygen atoms in total. The molecule has 0 saturated carbocycles. The summed E-state index contributed by atoms with van der Waals surface area (Å²) >= 11 is 0. The van der Waals surface area contributed by atoms with E-state index >= 15 is 0 Å². The molecule has 0 bridgehead atoms. The number of para-hydroxylation sites is 1. The third kappa shape index (κ3) is 2.04. The topological polar surface area (TPSA) is 64.4 Å². The number of hydrogen-bond acceptors (Lipinski definition) is 4. The highest BCUT2D eigenvalue weighted by Gasteiger charge is 2.38. The zero-order chi connectivity index (χ0) is 16.7. The van der Waals surface area contributed by atoms with Gasteiger partial charge in [-0.05, 0) is 24.3 Å². The minimum atomic E-state index is -0.335. The van der Waals surface area contributed by atoms with E-state index in [1.807, 2.05) is 24.3 Å². The lowest BCUT2D eigenvalue weighted by molar-refractivity contribution is 0.0925. The molecule has 0 N–H and O–H groups in total. The fourth-order valence-corrected chi connectivity index (χ4v) is 3.00. The van der Waals surface area contributed by atoms with E-state index < -0.39 is 0 Å². The Hall–Kier alpha value is -2.99. The molecule has 4 rings (SSSR count). The Bertz CT molecular complexity index is 926. The van der Waals surface area contributed by atoms with Crippen LogP contribution in [0.25, 0.3) is 10.9 Å². The lowest BCUT2D eigenvalue weighted by Crippen LogP contribution is -2.30. The number of nitrogens with zero attached hydrogens (tertiary/aromatic N) is 3. The van der Waals surface area contributed by atoms with Gasteiger partial charge in [-0.25, -0.2) is 4.90 Å². The monoisotopic (exact) mass is 321 g/mol. The summed E-state index contributed by atoms with van der Waals surface area (Å²) in [5.41, 5.74) is 1.69. The van der Waals surface area contributed by atoms with Crippen molar-refractivity contribution in [2.45, 2.75) is 6.54 Å². The molecule has 2 heterocycles. The quantitative estimate of drug-likeness (QED) is 0.693. The van der Waals surface area contributed by atoms with Gasteiger partial charge in [0.15, 0.2) is 5.82 Å². The van der Waals surface area contributed by atoms with Crippen molar-refractivity contribution in [2.24, 2.45) is 0 Å². The second-order valence-corrected chi connectivity index (χ2v) is 5.55. The Morgan fingerprint density at radius 3 is 2.25 bits per heavy atom. The maximum Gasteiger partial charge on any atom is 0.267 e. The van der Waals surface area contributed by atoms with Gasteiger partial charge >= 0.3 is 0 Å². The third-order valence-corrected chi connectivity index (χ3v) is 4.15. The second kappa shape index (κ2) is 5.58. The summed E-state index contributed by atoms with van der Waals surface area (Å²) in [6.07, 6.45) is 0. The van der Waals surface area contributed by atoms with E-state index in [0.717, 1.165) is 15.8 Å². The van der Waals surface area contributed by atoms with Gasteiger partial charge in [0.1, 0.15) is 0 Å². The van der Waals surface area contributed by atoms with Crippen molar-refractivity contribution < 1.29 is 14.3 Å². The first kappa shape index (κ1) is 14.6. The van der Waals surface area contributed by atoms with Gasteiger partial charge < -0.3 is 4.74 Å². The smallest absolute Gasteiger partial charge is 0.267 e. The Morgan fingerprint density at radius 1 is 0.958 bits per heavy atom. The molecule has 120 valence electrons. The van der Waals surface area contributed by atoms with Crippen LogP contribution in [0.2, 0.25) is 0 Å². The van der Waals surface area contributed by atoms with Gasteiger partial charge in [0.05, 0.1) is 29.8 Å². The Balaban J connectivity index is 1.86. The molecule has 2 aromatic carbocycles. The molecular formula is C18H15N3O3. The number of fused-ring (bicyclic) bond motifs is 2. The number of rotatable bonds is 4. The van der Waals surface area contributed by atoms with Crippen LogP contribution in [0.15, 0.2) is 48.5 Å². The van der Waals surface area contributed by atoms with Crippen molar-refractivity contribution in [3.8, 4) is 0 Å². The van der Waals surface area contributed by atoms with Crippen LogP contribution in [0.4, 0.5) is 5.82 Å². The highest BCUT2D eigenvalue weighted by molar-refractivity contribution is 6.35. The molecule has 24 heavy (non-hydrogen) atoms. The van der Waals surface area contributed by atoms with Crippen molar-refractivity contribution in [3.05, 3.63) is 59.7 Å². The number of carbonyl (C=O) groups excluding carboxylic acids is 2. The largest absolute Gasteiger partial charge is 0.383 e. The first-order chi connectivity index (χ1) is 11.7. The van der Waals surface area contributed by atoms with E-state index in [0.29, 0.717) is 30.1 Å². The van der Waals surface area contributed by atoms with E-state index in [1.165, 1.54) is 0 Å². The normalized spacial score (nSPS) is 13.8. The lowest BCUT2D eigenvalue weighted by Gasteiger charge is -2.10. The molecule has 6 heteroatoms. The van der Waals surface area contributed by atoms with Crippen LogP contribution in [0.3, 0.4) is 0 Å². The van der Waals surface area contributed by atoms with Crippen LogP contribution in [0.1, 0.15) is 20.7 Å². The van der Waals surface area contributed by atoms with Gasteiger partial charge in [-0.15, -0.1) is 0 Å². The van der Waals surface area contributed by atoms with Crippen LogP contribution in [0.5, 0.6) is 0 Å². The highest BCUT2D eigenvalue weighted by Crippen LogP contribution is 2.32. The summed E-state index contributed by atoms with van der Waals surface area (Å²) in [6, 6.07) is 14.4. The van der Waals surface area contributed by atoms with Crippen molar-refractivity contribution in [2.75, 3.05) is 18.6 Å². The summed E-state index contributed by atoms with van der Waals surface area (Å²) in [5, 5.41) is 5.28. The van der Waals surface area contributed by atoms with E-state index in [2.05, 4.69) is 5.10 Å². The van der Waals surface area contributed by atoms with E-state index in [1.54, 1.807) is 36.1 Å². The number of imide groups is 1. The summed E-state index contributed by atoms with van der Waals surface area (Å²) in [7, 11) is 1.62. The van der Waals surface area contributed by atoms with E-state index in [4.69, 9.17) is 4.74 Å². The number of benzene rings is 2. The van der Waals surface area contributed by atoms with Crippen LogP contribution in [-0.2, 0) is 11.3 Å². The Labute approximate surface area is 138 Å². The summed E-state index contributed by atoms with van der Waals surface area (Å²) in [6.45, 7) is 1.04. The Kier molecular flexibility index (Phi) is 3.39. The van der Waals surface area contributed by atoms with Gasteiger partial charge in [-0.1, -0.05) is 24.3 Å². The number of anilines is 1. The second-order valence-electron chi connectivity index (χ2n) is 5.55. The molecule has 1 aromatic heterocycles. The summed E-state index contributed by atoms with van der Waals surface area (Å²) < 4.78 is 6.88. The fourth-order valence-electron chi connectivity index (χ4n) is 3.00. The molecule has 0 spiro atoms.